The van der Waals surface area contributed by atoms with Gasteiger partial charge >= 0.3 is 0 Å². The van der Waals surface area contributed by atoms with Crippen LogP contribution in [0.4, 0.5) is 4.39 Å². The van der Waals surface area contributed by atoms with E-state index in [0.29, 0.717) is 10.6 Å². The molecule has 0 aliphatic heterocycles. The number of halogens is 3. The largest absolute Gasteiger partial charge is 0.207 e. The normalized spacial score (nSPS) is 12.8. The minimum absolute atomic E-state index is 0.192. The van der Waals surface area contributed by atoms with Gasteiger partial charge in [0, 0.05) is 15.3 Å². The lowest BCUT2D eigenvalue weighted by Crippen LogP contribution is -1.95. The highest BCUT2D eigenvalue weighted by molar-refractivity contribution is 9.09. The lowest BCUT2D eigenvalue weighted by molar-refractivity contribution is 0.614. The topological polar surface area (TPSA) is 0 Å². The van der Waals surface area contributed by atoms with Crippen LogP contribution >= 0.6 is 38.9 Å². The van der Waals surface area contributed by atoms with Gasteiger partial charge in [0.05, 0.1) is 4.83 Å². The molecule has 96 valence electrons. The summed E-state index contributed by atoms with van der Waals surface area (Å²) in [7, 11) is 0. The van der Waals surface area contributed by atoms with Crippen molar-refractivity contribution in [1.29, 1.82) is 0 Å². The molecule has 1 heterocycles. The zero-order valence-electron chi connectivity index (χ0n) is 9.74. The molecular formula is C15H9BrClFS. The molecule has 3 rings (SSSR count). The van der Waals surface area contributed by atoms with Gasteiger partial charge in [0.15, 0.2) is 0 Å². The number of alkyl halides is 1. The first-order valence-corrected chi connectivity index (χ1v) is 7.89. The van der Waals surface area contributed by atoms with Crippen LogP contribution in [0.1, 0.15) is 16.0 Å². The van der Waals surface area contributed by atoms with Crippen LogP contribution in [0.15, 0.2) is 47.8 Å². The van der Waals surface area contributed by atoms with Crippen molar-refractivity contribution in [3.63, 3.8) is 0 Å². The molecule has 2 aromatic carbocycles. The summed E-state index contributed by atoms with van der Waals surface area (Å²) in [6.45, 7) is 0. The van der Waals surface area contributed by atoms with Gasteiger partial charge in [0.2, 0.25) is 0 Å². The maximum atomic E-state index is 13.9. The summed E-state index contributed by atoms with van der Waals surface area (Å²) >= 11 is 11.2. The van der Waals surface area contributed by atoms with Crippen molar-refractivity contribution in [2.45, 2.75) is 4.83 Å². The van der Waals surface area contributed by atoms with Gasteiger partial charge in [-0.15, -0.1) is 11.3 Å². The predicted octanol–water partition coefficient (Wildman–Crippen LogP) is 6.18. The lowest BCUT2D eigenvalue weighted by atomic mass is 10.0. The molecule has 0 amide bonds. The molecule has 0 bridgehead atoms. The summed E-state index contributed by atoms with van der Waals surface area (Å²) in [5.41, 5.74) is 1.64. The predicted molar refractivity (Wildman–Crippen MR) is 84.0 cm³/mol. The molecule has 0 aliphatic rings. The maximum Gasteiger partial charge on any atom is 0.127 e. The number of fused-ring (bicyclic) bond motifs is 1. The first-order valence-electron chi connectivity index (χ1n) is 5.72. The summed E-state index contributed by atoms with van der Waals surface area (Å²) in [4.78, 5) is -0.192. The van der Waals surface area contributed by atoms with E-state index in [4.69, 9.17) is 11.6 Å². The summed E-state index contributed by atoms with van der Waals surface area (Å²) < 4.78 is 15.1. The van der Waals surface area contributed by atoms with E-state index < -0.39 is 0 Å². The Bertz CT molecular complexity index is 738. The van der Waals surface area contributed by atoms with Gasteiger partial charge in [0.1, 0.15) is 5.82 Å². The Morgan fingerprint density at radius 1 is 1.11 bits per heavy atom. The minimum Gasteiger partial charge on any atom is -0.207 e. The fraction of sp³-hybridized carbons (Fsp3) is 0.0667. The van der Waals surface area contributed by atoms with Gasteiger partial charge in [-0.25, -0.2) is 4.39 Å². The third-order valence-corrected chi connectivity index (χ3v) is 5.22. The Hall–Kier alpha value is -0.900. The first-order chi connectivity index (χ1) is 9.16. The minimum atomic E-state index is -0.249. The number of rotatable bonds is 2. The van der Waals surface area contributed by atoms with Crippen molar-refractivity contribution in [2.75, 3.05) is 0 Å². The first kappa shape index (κ1) is 13.1. The van der Waals surface area contributed by atoms with Crippen LogP contribution in [0.5, 0.6) is 0 Å². The zero-order chi connectivity index (χ0) is 13.4. The number of hydrogen-bond acceptors (Lipinski definition) is 1. The van der Waals surface area contributed by atoms with Gasteiger partial charge in [-0.2, -0.15) is 0 Å². The number of hydrogen-bond donors (Lipinski definition) is 0. The quantitative estimate of drug-likeness (QED) is 0.482. The molecule has 3 aromatic rings. The van der Waals surface area contributed by atoms with Crippen molar-refractivity contribution in [1.82, 2.24) is 0 Å². The molecule has 0 saturated carbocycles. The second-order valence-electron chi connectivity index (χ2n) is 4.22. The van der Waals surface area contributed by atoms with E-state index in [-0.39, 0.29) is 10.6 Å². The lowest BCUT2D eigenvalue weighted by Gasteiger charge is -2.11. The zero-order valence-corrected chi connectivity index (χ0v) is 12.9. The molecule has 19 heavy (non-hydrogen) atoms. The summed E-state index contributed by atoms with van der Waals surface area (Å²) in [5.74, 6) is -0.249. The van der Waals surface area contributed by atoms with E-state index in [1.54, 1.807) is 23.5 Å². The summed E-state index contributed by atoms with van der Waals surface area (Å²) in [6.07, 6.45) is 0. The van der Waals surface area contributed by atoms with E-state index in [2.05, 4.69) is 33.4 Å². The summed E-state index contributed by atoms with van der Waals surface area (Å²) in [6, 6.07) is 12.8. The highest BCUT2D eigenvalue weighted by Gasteiger charge is 2.18. The van der Waals surface area contributed by atoms with E-state index >= 15 is 0 Å². The van der Waals surface area contributed by atoms with Gasteiger partial charge < -0.3 is 0 Å². The Morgan fingerprint density at radius 2 is 1.89 bits per heavy atom. The van der Waals surface area contributed by atoms with Crippen LogP contribution in [0.2, 0.25) is 5.02 Å². The van der Waals surface area contributed by atoms with E-state index in [1.165, 1.54) is 10.8 Å². The Labute approximate surface area is 128 Å². The van der Waals surface area contributed by atoms with Crippen LogP contribution < -0.4 is 0 Å². The monoisotopic (exact) mass is 354 g/mol. The van der Waals surface area contributed by atoms with Crippen molar-refractivity contribution >= 4 is 49.0 Å². The van der Waals surface area contributed by atoms with Gasteiger partial charge in [-0.05, 0) is 40.6 Å². The maximum absolute atomic E-state index is 13.9. The van der Waals surface area contributed by atoms with Gasteiger partial charge in [0.25, 0.3) is 0 Å². The average molecular weight is 356 g/mol. The third kappa shape index (κ3) is 2.42. The molecular weight excluding hydrogens is 347 g/mol. The second kappa shape index (κ2) is 5.23. The molecule has 1 aromatic heterocycles. The van der Waals surface area contributed by atoms with E-state index in [9.17, 15) is 4.39 Å². The SMILES string of the molecule is Fc1ccc(Cl)cc1C(Br)c1csc2ccccc12. The second-order valence-corrected chi connectivity index (χ2v) is 6.48. The number of benzene rings is 2. The van der Waals surface area contributed by atoms with E-state index in [0.717, 1.165) is 10.9 Å². The third-order valence-electron chi connectivity index (χ3n) is 3.02. The van der Waals surface area contributed by atoms with Gasteiger partial charge in [-0.3, -0.25) is 0 Å². The molecule has 0 saturated heterocycles. The number of thiophene rings is 1. The Kier molecular flexibility index (Phi) is 3.61. The molecule has 0 radical (unpaired) electrons. The van der Waals surface area contributed by atoms with Crippen LogP contribution in [0.3, 0.4) is 0 Å². The van der Waals surface area contributed by atoms with Crippen LogP contribution in [0.25, 0.3) is 10.1 Å². The molecule has 0 aliphatic carbocycles. The molecule has 1 atom stereocenters. The molecule has 0 nitrogen and oxygen atoms in total. The highest BCUT2D eigenvalue weighted by Crippen LogP contribution is 2.40. The molecule has 0 N–H and O–H groups in total. The van der Waals surface area contributed by atoms with Crippen molar-refractivity contribution in [2.24, 2.45) is 0 Å². The molecule has 0 fully saturated rings. The molecule has 4 heteroatoms. The standard InChI is InChI=1S/C15H9BrClFS/c16-15(11-7-9(17)5-6-13(11)18)12-8-19-14-4-2-1-3-10(12)14/h1-8,15H. The average Bonchev–Trinajstić information content (AvgIpc) is 2.84. The van der Waals surface area contributed by atoms with Crippen LogP contribution in [-0.2, 0) is 0 Å². The molecule has 0 spiro atoms. The fourth-order valence-electron chi connectivity index (χ4n) is 2.07. The highest BCUT2D eigenvalue weighted by atomic mass is 79.9. The fourth-order valence-corrected chi connectivity index (χ4v) is 4.14. The molecule has 1 unspecified atom stereocenters. The van der Waals surface area contributed by atoms with Crippen molar-refractivity contribution < 1.29 is 4.39 Å². The van der Waals surface area contributed by atoms with Crippen molar-refractivity contribution in [3.05, 3.63) is 69.8 Å². The van der Waals surface area contributed by atoms with Crippen LogP contribution in [-0.4, -0.2) is 0 Å². The van der Waals surface area contributed by atoms with E-state index in [1.807, 2.05) is 12.1 Å². The Morgan fingerprint density at radius 3 is 2.74 bits per heavy atom. The van der Waals surface area contributed by atoms with Gasteiger partial charge in [-0.1, -0.05) is 45.7 Å². The smallest absolute Gasteiger partial charge is 0.127 e. The summed E-state index contributed by atoms with van der Waals surface area (Å²) in [5, 5.41) is 3.75. The van der Waals surface area contributed by atoms with Crippen molar-refractivity contribution in [3.8, 4) is 0 Å². The Balaban J connectivity index is 2.13. The van der Waals surface area contributed by atoms with Crippen LogP contribution in [0, 0.1) is 5.82 Å².